The van der Waals surface area contributed by atoms with Crippen LogP contribution in [0.4, 0.5) is 17.6 Å². The minimum absolute atomic E-state index is 0.0858. The number of amides is 1. The molecule has 0 bridgehead atoms. The van der Waals surface area contributed by atoms with Crippen molar-refractivity contribution in [3.63, 3.8) is 0 Å². The van der Waals surface area contributed by atoms with Gasteiger partial charge in [-0.15, -0.1) is 0 Å². The Labute approximate surface area is 170 Å². The van der Waals surface area contributed by atoms with E-state index in [1.54, 1.807) is 0 Å². The predicted octanol–water partition coefficient (Wildman–Crippen LogP) is 4.95. The summed E-state index contributed by atoms with van der Waals surface area (Å²) in [6, 6.07) is 10.1. The van der Waals surface area contributed by atoms with Crippen LogP contribution < -0.4 is 10.1 Å². The van der Waals surface area contributed by atoms with Crippen LogP contribution in [0, 0.1) is 5.82 Å². The van der Waals surface area contributed by atoms with E-state index in [0.717, 1.165) is 18.6 Å². The second-order valence-electron chi connectivity index (χ2n) is 6.54. The van der Waals surface area contributed by atoms with Gasteiger partial charge in [0, 0.05) is 12.1 Å². The van der Waals surface area contributed by atoms with Crippen molar-refractivity contribution < 1.29 is 27.1 Å². The molecule has 5 nitrogen and oxygen atoms in total. The zero-order valence-electron chi connectivity index (χ0n) is 16.0. The molecule has 1 aromatic heterocycles. The SMILES string of the molecule is CCCOc1ccc(F)cc1-c1cc(C(=O)NCc2cccc(C(F)(F)F)c2)[nH]n1. The number of hydrogen-bond acceptors (Lipinski definition) is 3. The zero-order chi connectivity index (χ0) is 21.7. The molecule has 9 heteroatoms. The van der Waals surface area contributed by atoms with Gasteiger partial charge in [0.05, 0.1) is 17.9 Å². The van der Waals surface area contributed by atoms with Crippen LogP contribution in [0.2, 0.25) is 0 Å². The van der Waals surface area contributed by atoms with Crippen molar-refractivity contribution in [2.24, 2.45) is 0 Å². The maximum Gasteiger partial charge on any atom is 0.416 e. The van der Waals surface area contributed by atoms with E-state index in [2.05, 4.69) is 15.5 Å². The van der Waals surface area contributed by atoms with Gasteiger partial charge in [0.2, 0.25) is 0 Å². The molecule has 0 saturated heterocycles. The maximum absolute atomic E-state index is 13.7. The minimum Gasteiger partial charge on any atom is -0.493 e. The smallest absolute Gasteiger partial charge is 0.416 e. The lowest BCUT2D eigenvalue weighted by atomic mass is 10.1. The third-order valence-electron chi connectivity index (χ3n) is 4.21. The first-order valence-corrected chi connectivity index (χ1v) is 9.20. The highest BCUT2D eigenvalue weighted by Gasteiger charge is 2.30. The van der Waals surface area contributed by atoms with Crippen LogP contribution in [0.3, 0.4) is 0 Å². The highest BCUT2D eigenvalue weighted by Crippen LogP contribution is 2.31. The number of nitrogens with zero attached hydrogens (tertiary/aromatic N) is 1. The minimum atomic E-state index is -4.46. The van der Waals surface area contributed by atoms with Crippen molar-refractivity contribution in [1.29, 1.82) is 0 Å². The monoisotopic (exact) mass is 421 g/mol. The third kappa shape index (κ3) is 5.16. The molecule has 2 N–H and O–H groups in total. The third-order valence-corrected chi connectivity index (χ3v) is 4.21. The fourth-order valence-corrected chi connectivity index (χ4v) is 2.75. The van der Waals surface area contributed by atoms with Gasteiger partial charge in [-0.1, -0.05) is 19.1 Å². The first kappa shape index (κ1) is 21.4. The number of ether oxygens (including phenoxy) is 1. The molecule has 0 aliphatic heterocycles. The molecule has 3 rings (SSSR count). The summed E-state index contributed by atoms with van der Waals surface area (Å²) < 4.78 is 57.7. The van der Waals surface area contributed by atoms with E-state index >= 15 is 0 Å². The molecule has 0 fully saturated rings. The summed E-state index contributed by atoms with van der Waals surface area (Å²) >= 11 is 0. The Morgan fingerprint density at radius 3 is 2.70 bits per heavy atom. The van der Waals surface area contributed by atoms with Gasteiger partial charge in [-0.3, -0.25) is 9.89 Å². The van der Waals surface area contributed by atoms with Crippen LogP contribution in [0.15, 0.2) is 48.5 Å². The van der Waals surface area contributed by atoms with Crippen LogP contribution in [-0.2, 0) is 12.7 Å². The van der Waals surface area contributed by atoms with Gasteiger partial charge in [-0.05, 0) is 48.4 Å². The van der Waals surface area contributed by atoms with E-state index in [-0.39, 0.29) is 12.2 Å². The number of halogens is 4. The molecule has 1 heterocycles. The summed E-state index contributed by atoms with van der Waals surface area (Å²) in [5.41, 5.74) is 0.297. The lowest BCUT2D eigenvalue weighted by Crippen LogP contribution is -2.23. The van der Waals surface area contributed by atoms with Crippen LogP contribution in [0.1, 0.15) is 35.0 Å². The summed E-state index contributed by atoms with van der Waals surface area (Å²) in [5, 5.41) is 9.13. The number of H-pyrrole nitrogens is 1. The molecule has 0 radical (unpaired) electrons. The number of nitrogens with one attached hydrogen (secondary N) is 2. The molecule has 0 unspecified atom stereocenters. The van der Waals surface area contributed by atoms with Crippen LogP contribution >= 0.6 is 0 Å². The lowest BCUT2D eigenvalue weighted by Gasteiger charge is -2.09. The number of hydrogen-bond donors (Lipinski definition) is 2. The van der Waals surface area contributed by atoms with E-state index < -0.39 is 23.5 Å². The van der Waals surface area contributed by atoms with Gasteiger partial charge in [0.15, 0.2) is 0 Å². The van der Waals surface area contributed by atoms with Crippen molar-refractivity contribution in [2.75, 3.05) is 6.61 Å². The highest BCUT2D eigenvalue weighted by atomic mass is 19.4. The van der Waals surface area contributed by atoms with Gasteiger partial charge >= 0.3 is 6.18 Å². The Balaban J connectivity index is 1.72. The molecule has 3 aromatic rings. The Kier molecular flexibility index (Phi) is 6.39. The first-order valence-electron chi connectivity index (χ1n) is 9.20. The topological polar surface area (TPSA) is 67.0 Å². The molecule has 30 heavy (non-hydrogen) atoms. The lowest BCUT2D eigenvalue weighted by molar-refractivity contribution is -0.137. The van der Waals surface area contributed by atoms with Crippen LogP contribution in [-0.4, -0.2) is 22.7 Å². The number of carbonyl (C=O) groups is 1. The molecule has 2 aromatic carbocycles. The summed E-state index contributed by atoms with van der Waals surface area (Å²) in [5.74, 6) is -0.605. The zero-order valence-corrected chi connectivity index (χ0v) is 16.0. The van der Waals surface area contributed by atoms with Gasteiger partial charge in [0.1, 0.15) is 17.3 Å². The molecular weight excluding hydrogens is 402 g/mol. The molecule has 0 aliphatic carbocycles. The fraction of sp³-hybridized carbons (Fsp3) is 0.238. The Hall–Kier alpha value is -3.36. The van der Waals surface area contributed by atoms with E-state index in [1.807, 2.05) is 6.92 Å². The van der Waals surface area contributed by atoms with Crippen molar-refractivity contribution >= 4 is 5.91 Å². The van der Waals surface area contributed by atoms with Crippen molar-refractivity contribution in [1.82, 2.24) is 15.5 Å². The number of rotatable bonds is 7. The molecule has 0 atom stereocenters. The second kappa shape index (κ2) is 8.98. The van der Waals surface area contributed by atoms with Crippen LogP contribution in [0.5, 0.6) is 5.75 Å². The normalized spacial score (nSPS) is 11.4. The largest absolute Gasteiger partial charge is 0.493 e. The highest BCUT2D eigenvalue weighted by molar-refractivity contribution is 5.93. The summed E-state index contributed by atoms with van der Waals surface area (Å²) in [7, 11) is 0. The average molecular weight is 421 g/mol. The average Bonchev–Trinajstić information content (AvgIpc) is 3.21. The first-order chi connectivity index (χ1) is 14.3. The van der Waals surface area contributed by atoms with Gasteiger partial charge < -0.3 is 10.1 Å². The Morgan fingerprint density at radius 1 is 1.17 bits per heavy atom. The quantitative estimate of drug-likeness (QED) is 0.531. The summed E-state index contributed by atoms with van der Waals surface area (Å²) in [6.45, 7) is 2.28. The van der Waals surface area contributed by atoms with Gasteiger partial charge in [-0.25, -0.2) is 4.39 Å². The number of carbonyl (C=O) groups excluding carboxylic acids is 1. The fourth-order valence-electron chi connectivity index (χ4n) is 2.75. The molecule has 158 valence electrons. The van der Waals surface area contributed by atoms with E-state index in [4.69, 9.17) is 4.74 Å². The van der Waals surface area contributed by atoms with E-state index in [9.17, 15) is 22.4 Å². The van der Waals surface area contributed by atoms with Gasteiger partial charge in [0.25, 0.3) is 5.91 Å². The molecule has 0 saturated carbocycles. The van der Waals surface area contributed by atoms with Crippen molar-refractivity contribution in [2.45, 2.75) is 26.1 Å². The molecule has 0 spiro atoms. The molecule has 0 aliphatic rings. The number of benzene rings is 2. The molecule has 1 amide bonds. The van der Waals surface area contributed by atoms with Crippen molar-refractivity contribution in [3.8, 4) is 17.0 Å². The number of aromatic amines is 1. The second-order valence-corrected chi connectivity index (χ2v) is 6.54. The van der Waals surface area contributed by atoms with Crippen molar-refractivity contribution in [3.05, 3.63) is 71.2 Å². The molecular formula is C21H19F4N3O2. The maximum atomic E-state index is 13.7. The van der Waals surface area contributed by atoms with E-state index in [0.29, 0.717) is 29.2 Å². The predicted molar refractivity (Wildman–Crippen MR) is 102 cm³/mol. The summed E-state index contributed by atoms with van der Waals surface area (Å²) in [4.78, 5) is 12.4. The van der Waals surface area contributed by atoms with E-state index in [1.165, 1.54) is 36.4 Å². The number of alkyl halides is 3. The standard InChI is InChI=1S/C21H19F4N3O2/c1-2-8-30-19-7-6-15(22)10-16(19)17-11-18(28-27-17)20(29)26-12-13-4-3-5-14(9-13)21(23,24)25/h3-7,9-11H,2,8,12H2,1H3,(H,26,29)(H,27,28). The summed E-state index contributed by atoms with van der Waals surface area (Å²) in [6.07, 6.45) is -3.69. The number of aromatic nitrogens is 2. The Morgan fingerprint density at radius 2 is 1.97 bits per heavy atom. The Bertz CT molecular complexity index is 1030. The van der Waals surface area contributed by atoms with Crippen LogP contribution in [0.25, 0.3) is 11.3 Å². The van der Waals surface area contributed by atoms with Gasteiger partial charge in [-0.2, -0.15) is 18.3 Å².